The average molecular weight is 429 g/mol. The van der Waals surface area contributed by atoms with E-state index in [2.05, 4.69) is 5.32 Å². The summed E-state index contributed by atoms with van der Waals surface area (Å²) in [6, 6.07) is -0.799. The summed E-state index contributed by atoms with van der Waals surface area (Å²) in [6.45, 7) is 10.4. The highest BCUT2D eigenvalue weighted by atomic mass is 32.2. The highest BCUT2D eigenvalue weighted by Crippen LogP contribution is 2.41. The van der Waals surface area contributed by atoms with Crippen LogP contribution in [0.15, 0.2) is 11.3 Å². The second-order valence-electron chi connectivity index (χ2n) is 8.26. The zero-order valence-corrected chi connectivity index (χ0v) is 18.4. The lowest BCUT2D eigenvalue weighted by atomic mass is 10.0. The number of β-lactam (4-membered cyclic amide) rings is 1. The number of carbonyl (C=O) groups is 4. The minimum absolute atomic E-state index is 0.0727. The lowest BCUT2D eigenvalue weighted by Crippen LogP contribution is -2.70. The summed E-state index contributed by atoms with van der Waals surface area (Å²) < 4.78 is 15.6. The van der Waals surface area contributed by atoms with Crippen molar-refractivity contribution in [1.29, 1.82) is 0 Å². The van der Waals surface area contributed by atoms with Crippen LogP contribution in [0.5, 0.6) is 0 Å². The lowest BCUT2D eigenvalue weighted by molar-refractivity contribution is -0.158. The number of thioether (sulfide) groups is 1. The number of hydrogen-bond donors (Lipinski definition) is 1. The van der Waals surface area contributed by atoms with Gasteiger partial charge in [0.2, 0.25) is 0 Å². The molecule has 9 nitrogen and oxygen atoms in total. The van der Waals surface area contributed by atoms with Gasteiger partial charge >= 0.3 is 18.0 Å². The number of rotatable bonds is 6. The molecule has 0 aliphatic carbocycles. The number of amides is 2. The Morgan fingerprint density at radius 2 is 1.90 bits per heavy atom. The van der Waals surface area contributed by atoms with Crippen LogP contribution < -0.4 is 5.32 Å². The van der Waals surface area contributed by atoms with Gasteiger partial charge in [0.1, 0.15) is 29.3 Å². The Morgan fingerprint density at radius 3 is 2.45 bits per heavy atom. The largest absolute Gasteiger partial charge is 0.461 e. The van der Waals surface area contributed by atoms with Crippen LogP contribution in [0.2, 0.25) is 0 Å². The first-order valence-electron chi connectivity index (χ1n) is 9.37. The molecule has 1 fully saturated rings. The van der Waals surface area contributed by atoms with Crippen LogP contribution in [0.1, 0.15) is 41.5 Å². The van der Waals surface area contributed by atoms with Crippen molar-refractivity contribution in [1.82, 2.24) is 10.2 Å². The van der Waals surface area contributed by atoms with Gasteiger partial charge in [0.15, 0.2) is 0 Å². The van der Waals surface area contributed by atoms with Crippen molar-refractivity contribution in [3.63, 3.8) is 0 Å². The van der Waals surface area contributed by atoms with Gasteiger partial charge in [0.25, 0.3) is 5.91 Å². The van der Waals surface area contributed by atoms with Gasteiger partial charge in [-0.25, -0.2) is 9.59 Å². The Labute approximate surface area is 174 Å². The van der Waals surface area contributed by atoms with Crippen LogP contribution >= 0.6 is 11.8 Å². The van der Waals surface area contributed by atoms with E-state index in [0.717, 1.165) is 0 Å². The van der Waals surface area contributed by atoms with Crippen molar-refractivity contribution in [2.75, 3.05) is 19.0 Å². The molecule has 0 aromatic heterocycles. The summed E-state index contributed by atoms with van der Waals surface area (Å²) in [5, 5.41) is 2.10. The fraction of sp³-hybridized carbons (Fsp3) is 0.684. The zero-order valence-electron chi connectivity index (χ0n) is 17.6. The molecular formula is C19H28N2O7S. The molecule has 2 heterocycles. The second kappa shape index (κ2) is 9.06. The van der Waals surface area contributed by atoms with Gasteiger partial charge in [-0.05, 0) is 26.7 Å². The predicted octanol–water partition coefficient (Wildman–Crippen LogP) is 1.81. The van der Waals surface area contributed by atoms with E-state index in [9.17, 15) is 19.2 Å². The molecule has 2 amide bonds. The number of nitrogens with zero attached hydrogens (tertiary/aromatic N) is 1. The maximum absolute atomic E-state index is 12.8. The van der Waals surface area contributed by atoms with Gasteiger partial charge in [-0.3, -0.25) is 14.5 Å². The topological polar surface area (TPSA) is 111 Å². The molecule has 1 saturated heterocycles. The standard InChI is InChI=1S/C19H28N2O7S/c1-10(2)7-27-18(25)20-13-15(23)21-14(17(24)28-19(4,5)6)12(8-26-11(3)22)9-29-16(13)21/h10,13,16H,7-9H2,1-6H3,(H,20,25)/t13?,16-/m0/s1. The summed E-state index contributed by atoms with van der Waals surface area (Å²) in [7, 11) is 0. The molecule has 2 rings (SSSR count). The molecular weight excluding hydrogens is 400 g/mol. The summed E-state index contributed by atoms with van der Waals surface area (Å²) in [5.41, 5.74) is -0.198. The molecule has 0 spiro atoms. The Hall–Kier alpha value is -2.23. The molecule has 2 aliphatic rings. The summed E-state index contributed by atoms with van der Waals surface area (Å²) in [6.07, 6.45) is -0.675. The summed E-state index contributed by atoms with van der Waals surface area (Å²) >= 11 is 1.37. The number of carbonyl (C=O) groups excluding carboxylic acids is 4. The van der Waals surface area contributed by atoms with Gasteiger partial charge in [-0.1, -0.05) is 13.8 Å². The van der Waals surface area contributed by atoms with Gasteiger partial charge in [-0.15, -0.1) is 11.8 Å². The fourth-order valence-electron chi connectivity index (χ4n) is 2.71. The van der Waals surface area contributed by atoms with E-state index in [1.807, 2.05) is 13.8 Å². The van der Waals surface area contributed by atoms with Crippen LogP contribution in [0.25, 0.3) is 0 Å². The molecule has 0 aromatic carbocycles. The zero-order chi connectivity index (χ0) is 21.9. The SMILES string of the molecule is CC(=O)OCC1=C(C(=O)OC(C)(C)C)N2C(=O)C(NC(=O)OCC(C)C)[C@@H]2SC1. The van der Waals surface area contributed by atoms with E-state index < -0.39 is 41.0 Å². The van der Waals surface area contributed by atoms with E-state index >= 15 is 0 Å². The van der Waals surface area contributed by atoms with Gasteiger partial charge < -0.3 is 19.5 Å². The number of ether oxygens (including phenoxy) is 3. The smallest absolute Gasteiger partial charge is 0.407 e. The number of fused-ring (bicyclic) bond motifs is 1. The Balaban J connectivity index is 2.18. The molecule has 1 N–H and O–H groups in total. The molecule has 2 atom stereocenters. The van der Waals surface area contributed by atoms with Crippen molar-refractivity contribution in [3.8, 4) is 0 Å². The minimum atomic E-state index is -0.799. The van der Waals surface area contributed by atoms with E-state index in [0.29, 0.717) is 11.3 Å². The predicted molar refractivity (Wildman–Crippen MR) is 106 cm³/mol. The highest BCUT2D eigenvalue weighted by molar-refractivity contribution is 8.00. The Morgan fingerprint density at radius 1 is 1.24 bits per heavy atom. The number of esters is 2. The third-order valence-corrected chi connectivity index (χ3v) is 5.25. The normalized spacial score (nSPS) is 21.3. The Bertz CT molecular complexity index is 727. The van der Waals surface area contributed by atoms with E-state index in [1.54, 1.807) is 20.8 Å². The minimum Gasteiger partial charge on any atom is -0.461 e. The molecule has 29 heavy (non-hydrogen) atoms. The maximum atomic E-state index is 12.8. The van der Waals surface area contributed by atoms with Crippen LogP contribution in [0, 0.1) is 5.92 Å². The Kier molecular flexibility index (Phi) is 7.20. The van der Waals surface area contributed by atoms with Gasteiger partial charge in [-0.2, -0.15) is 0 Å². The molecule has 2 aliphatic heterocycles. The highest BCUT2D eigenvalue weighted by Gasteiger charge is 2.55. The van der Waals surface area contributed by atoms with Gasteiger partial charge in [0, 0.05) is 18.2 Å². The average Bonchev–Trinajstić information content (AvgIpc) is 2.60. The van der Waals surface area contributed by atoms with Crippen molar-refractivity contribution in [3.05, 3.63) is 11.3 Å². The molecule has 1 unspecified atom stereocenters. The van der Waals surface area contributed by atoms with E-state index in [4.69, 9.17) is 14.2 Å². The maximum Gasteiger partial charge on any atom is 0.407 e. The molecule has 0 saturated carbocycles. The van der Waals surface area contributed by atoms with Crippen LogP contribution in [-0.2, 0) is 28.6 Å². The van der Waals surface area contributed by atoms with Crippen molar-refractivity contribution < 1.29 is 33.4 Å². The van der Waals surface area contributed by atoms with E-state index in [1.165, 1.54) is 23.6 Å². The molecule has 10 heteroatoms. The third-order valence-electron chi connectivity index (χ3n) is 3.91. The number of nitrogens with one attached hydrogen (secondary N) is 1. The van der Waals surface area contributed by atoms with Crippen molar-refractivity contribution in [2.24, 2.45) is 5.92 Å². The third kappa shape index (κ3) is 5.88. The second-order valence-corrected chi connectivity index (χ2v) is 9.36. The van der Waals surface area contributed by atoms with Crippen molar-refractivity contribution in [2.45, 2.75) is 58.6 Å². The summed E-state index contributed by atoms with van der Waals surface area (Å²) in [5.74, 6) is -1.07. The molecule has 0 aromatic rings. The first-order chi connectivity index (χ1) is 13.4. The fourth-order valence-corrected chi connectivity index (χ4v) is 4.04. The molecule has 0 bridgehead atoms. The first-order valence-corrected chi connectivity index (χ1v) is 10.4. The van der Waals surface area contributed by atoms with Crippen LogP contribution in [0.3, 0.4) is 0 Å². The number of alkyl carbamates (subject to hydrolysis) is 1. The van der Waals surface area contributed by atoms with E-state index in [-0.39, 0.29) is 24.8 Å². The van der Waals surface area contributed by atoms with Crippen molar-refractivity contribution >= 4 is 35.7 Å². The van der Waals surface area contributed by atoms with Crippen LogP contribution in [0.4, 0.5) is 4.79 Å². The number of hydrogen-bond acceptors (Lipinski definition) is 8. The summed E-state index contributed by atoms with van der Waals surface area (Å²) in [4.78, 5) is 49.9. The van der Waals surface area contributed by atoms with Gasteiger partial charge in [0.05, 0.1) is 6.61 Å². The van der Waals surface area contributed by atoms with Crippen LogP contribution in [-0.4, -0.2) is 64.8 Å². The first kappa shape index (κ1) is 23.1. The monoisotopic (exact) mass is 428 g/mol. The molecule has 162 valence electrons. The lowest BCUT2D eigenvalue weighted by Gasteiger charge is -2.49. The quantitative estimate of drug-likeness (QED) is 0.387. The molecule has 0 radical (unpaired) electrons.